The summed E-state index contributed by atoms with van der Waals surface area (Å²) in [6.07, 6.45) is 4.57. The lowest BCUT2D eigenvalue weighted by atomic mass is 10.2. The molecule has 0 bridgehead atoms. The van der Waals surface area contributed by atoms with E-state index < -0.39 is 0 Å². The normalized spacial score (nSPS) is 10.0. The third-order valence-electron chi connectivity index (χ3n) is 3.40. The summed E-state index contributed by atoms with van der Waals surface area (Å²) >= 11 is 10.3. The van der Waals surface area contributed by atoms with Gasteiger partial charge in [-0.25, -0.2) is 0 Å². The van der Waals surface area contributed by atoms with E-state index in [9.17, 15) is 4.79 Å². The Labute approximate surface area is 161 Å². The van der Waals surface area contributed by atoms with E-state index in [0.29, 0.717) is 11.5 Å². The van der Waals surface area contributed by atoms with E-state index in [4.69, 9.17) is 24.4 Å². The van der Waals surface area contributed by atoms with Gasteiger partial charge in [-0.3, -0.25) is 4.79 Å². The van der Waals surface area contributed by atoms with Crippen LogP contribution in [0.25, 0.3) is 0 Å². The Bertz CT molecular complexity index is 561. The molecule has 0 unspecified atom stereocenters. The Kier molecular flexibility index (Phi) is 10.7. The third-order valence-corrected chi connectivity index (χ3v) is 3.75. The lowest BCUT2D eigenvalue weighted by Gasteiger charge is -2.11. The molecule has 0 atom stereocenters. The first-order valence-corrected chi connectivity index (χ1v) is 9.52. The largest absolute Gasteiger partial charge is 0.362 e. The molecule has 138 valence electrons. The second kappa shape index (κ2) is 12.6. The quantitative estimate of drug-likeness (QED) is 0.366. The zero-order chi connectivity index (χ0) is 18.5. The smallest absolute Gasteiger partial charge is 0.219 e. The number of nitrogens with one attached hydrogen (secondary N) is 4. The van der Waals surface area contributed by atoms with Crippen molar-refractivity contribution in [3.8, 4) is 0 Å². The third kappa shape index (κ3) is 10.7. The standard InChI is InChI=1S/C18H28N4OS2/c1-3-7-17(23)19-12-5-4-6-13-20-18(25)22-16-10-8-15(9-11-16)21-14(2)24/h8-11H,3-7,12-13H2,1-2H3,(H,19,23)(H,21,24)(H2,20,22,25). The van der Waals surface area contributed by atoms with Gasteiger partial charge < -0.3 is 21.3 Å². The Balaban J connectivity index is 2.10. The van der Waals surface area contributed by atoms with E-state index in [0.717, 1.165) is 55.1 Å². The van der Waals surface area contributed by atoms with Crippen LogP contribution in [-0.2, 0) is 4.79 Å². The van der Waals surface area contributed by atoms with Gasteiger partial charge in [-0.2, -0.15) is 0 Å². The number of rotatable bonds is 10. The maximum absolute atomic E-state index is 11.3. The van der Waals surface area contributed by atoms with Crippen molar-refractivity contribution in [3.05, 3.63) is 24.3 Å². The van der Waals surface area contributed by atoms with E-state index in [2.05, 4.69) is 21.3 Å². The first-order valence-electron chi connectivity index (χ1n) is 8.70. The first kappa shape index (κ1) is 21.3. The summed E-state index contributed by atoms with van der Waals surface area (Å²) in [5.74, 6) is 0.146. The molecule has 0 aliphatic rings. The van der Waals surface area contributed by atoms with E-state index in [-0.39, 0.29) is 5.91 Å². The molecule has 0 saturated carbocycles. The molecule has 0 radical (unpaired) electrons. The van der Waals surface area contributed by atoms with Gasteiger partial charge in [-0.05, 0) is 69.1 Å². The van der Waals surface area contributed by atoms with Gasteiger partial charge in [-0.15, -0.1) is 0 Å². The maximum atomic E-state index is 11.3. The molecule has 25 heavy (non-hydrogen) atoms. The van der Waals surface area contributed by atoms with E-state index >= 15 is 0 Å². The SMILES string of the molecule is CCCC(=O)NCCCCCNC(=S)Nc1ccc(NC(C)=S)cc1. The van der Waals surface area contributed by atoms with Crippen LogP contribution >= 0.6 is 24.4 Å². The van der Waals surface area contributed by atoms with E-state index in [1.54, 1.807) is 0 Å². The van der Waals surface area contributed by atoms with Gasteiger partial charge in [0.05, 0.1) is 4.99 Å². The molecule has 0 aliphatic carbocycles. The van der Waals surface area contributed by atoms with Crippen molar-refractivity contribution < 1.29 is 4.79 Å². The number of amides is 1. The predicted octanol–water partition coefficient (Wildman–Crippen LogP) is 3.82. The van der Waals surface area contributed by atoms with Gasteiger partial charge in [0.25, 0.3) is 0 Å². The maximum Gasteiger partial charge on any atom is 0.219 e. The minimum absolute atomic E-state index is 0.146. The van der Waals surface area contributed by atoms with Crippen LogP contribution in [0.5, 0.6) is 0 Å². The van der Waals surface area contributed by atoms with Crippen LogP contribution < -0.4 is 21.3 Å². The summed E-state index contributed by atoms with van der Waals surface area (Å²) in [4.78, 5) is 12.0. The summed E-state index contributed by atoms with van der Waals surface area (Å²) in [6.45, 7) is 5.43. The van der Waals surface area contributed by atoms with Crippen molar-refractivity contribution in [1.29, 1.82) is 0 Å². The molecule has 5 nitrogen and oxygen atoms in total. The molecule has 0 aliphatic heterocycles. The predicted molar refractivity (Wildman–Crippen MR) is 114 cm³/mol. The summed E-state index contributed by atoms with van der Waals surface area (Å²) in [5.41, 5.74) is 1.90. The number of hydrogen-bond acceptors (Lipinski definition) is 3. The highest BCUT2D eigenvalue weighted by molar-refractivity contribution is 7.80. The lowest BCUT2D eigenvalue weighted by molar-refractivity contribution is -0.121. The second-order valence-electron chi connectivity index (χ2n) is 5.80. The molecule has 0 spiro atoms. The molecule has 1 rings (SSSR count). The topological polar surface area (TPSA) is 65.2 Å². The Morgan fingerprint density at radius 1 is 0.920 bits per heavy atom. The fourth-order valence-corrected chi connectivity index (χ4v) is 2.53. The van der Waals surface area contributed by atoms with Crippen molar-refractivity contribution in [1.82, 2.24) is 10.6 Å². The van der Waals surface area contributed by atoms with Crippen LogP contribution in [0.1, 0.15) is 46.0 Å². The molecule has 0 heterocycles. The molecule has 0 saturated heterocycles. The van der Waals surface area contributed by atoms with Gasteiger partial charge >= 0.3 is 0 Å². The minimum Gasteiger partial charge on any atom is -0.362 e. The van der Waals surface area contributed by atoms with E-state index in [1.165, 1.54) is 0 Å². The number of hydrogen-bond donors (Lipinski definition) is 4. The molecule has 7 heteroatoms. The molecular formula is C18H28N4OS2. The van der Waals surface area contributed by atoms with Crippen LogP contribution in [0.2, 0.25) is 0 Å². The Hall–Kier alpha value is -1.73. The van der Waals surface area contributed by atoms with Crippen LogP contribution in [0.3, 0.4) is 0 Å². The number of benzene rings is 1. The summed E-state index contributed by atoms with van der Waals surface area (Å²) in [5, 5.41) is 13.0. The highest BCUT2D eigenvalue weighted by Crippen LogP contribution is 2.13. The summed E-state index contributed by atoms with van der Waals surface area (Å²) in [7, 11) is 0. The van der Waals surface area contributed by atoms with Gasteiger partial charge in [0.15, 0.2) is 5.11 Å². The molecule has 0 fully saturated rings. The van der Waals surface area contributed by atoms with Crippen molar-refractivity contribution >= 4 is 51.8 Å². The molecule has 1 amide bonds. The van der Waals surface area contributed by atoms with Crippen LogP contribution in [0.15, 0.2) is 24.3 Å². The number of carbonyl (C=O) groups is 1. The number of unbranched alkanes of at least 4 members (excludes halogenated alkanes) is 2. The molecule has 1 aromatic carbocycles. The number of carbonyl (C=O) groups excluding carboxylic acids is 1. The lowest BCUT2D eigenvalue weighted by Crippen LogP contribution is -2.29. The number of thiocarbonyl (C=S) groups is 2. The zero-order valence-electron chi connectivity index (χ0n) is 15.0. The zero-order valence-corrected chi connectivity index (χ0v) is 16.6. The second-order valence-corrected chi connectivity index (χ2v) is 6.82. The Morgan fingerprint density at radius 2 is 1.48 bits per heavy atom. The van der Waals surface area contributed by atoms with Gasteiger partial charge in [-0.1, -0.05) is 19.1 Å². The van der Waals surface area contributed by atoms with Crippen molar-refractivity contribution in [2.24, 2.45) is 0 Å². The van der Waals surface area contributed by atoms with E-state index in [1.807, 2.05) is 38.1 Å². The molecule has 4 N–H and O–H groups in total. The number of anilines is 2. The van der Waals surface area contributed by atoms with Gasteiger partial charge in [0, 0.05) is 30.9 Å². The van der Waals surface area contributed by atoms with Crippen LogP contribution in [0.4, 0.5) is 11.4 Å². The highest BCUT2D eigenvalue weighted by Gasteiger charge is 2.00. The van der Waals surface area contributed by atoms with Crippen molar-refractivity contribution in [2.75, 3.05) is 23.7 Å². The van der Waals surface area contributed by atoms with Crippen LogP contribution in [-0.4, -0.2) is 29.1 Å². The monoisotopic (exact) mass is 380 g/mol. The molecule has 0 aromatic heterocycles. The summed E-state index contributed by atoms with van der Waals surface area (Å²) < 4.78 is 0. The van der Waals surface area contributed by atoms with Crippen LogP contribution in [0, 0.1) is 0 Å². The summed E-state index contributed by atoms with van der Waals surface area (Å²) in [6, 6.07) is 7.81. The van der Waals surface area contributed by atoms with Crippen molar-refractivity contribution in [3.63, 3.8) is 0 Å². The minimum atomic E-state index is 0.146. The van der Waals surface area contributed by atoms with Gasteiger partial charge in [0.2, 0.25) is 5.91 Å². The van der Waals surface area contributed by atoms with Gasteiger partial charge in [0.1, 0.15) is 0 Å². The Morgan fingerprint density at radius 3 is 2.04 bits per heavy atom. The average Bonchev–Trinajstić information content (AvgIpc) is 2.55. The fourth-order valence-electron chi connectivity index (χ4n) is 2.19. The van der Waals surface area contributed by atoms with Crippen molar-refractivity contribution in [2.45, 2.75) is 46.0 Å². The molecule has 1 aromatic rings. The fraction of sp³-hybridized carbons (Fsp3) is 0.500. The molecular weight excluding hydrogens is 352 g/mol. The average molecular weight is 381 g/mol. The first-order chi connectivity index (χ1) is 12.0. The highest BCUT2D eigenvalue weighted by atomic mass is 32.1.